The van der Waals surface area contributed by atoms with Crippen molar-refractivity contribution >= 4 is 0 Å². The monoisotopic (exact) mass is 301 g/mol. The van der Waals surface area contributed by atoms with Gasteiger partial charge in [-0.1, -0.05) is 51.5 Å². The largest absolute Gasteiger partial charge is 0.207 e. The molecule has 0 aliphatic heterocycles. The zero-order valence-corrected chi connectivity index (χ0v) is 13.8. The molecule has 1 fully saturated rings. The van der Waals surface area contributed by atoms with Crippen LogP contribution in [0.25, 0.3) is 0 Å². The highest BCUT2D eigenvalue weighted by Gasteiger charge is 2.24. The van der Waals surface area contributed by atoms with E-state index in [9.17, 15) is 4.39 Å². The molecule has 1 aromatic carbocycles. The molecule has 0 aromatic heterocycles. The van der Waals surface area contributed by atoms with Crippen LogP contribution < -0.4 is 0 Å². The third-order valence-corrected chi connectivity index (χ3v) is 5.13. The third kappa shape index (κ3) is 4.83. The van der Waals surface area contributed by atoms with Crippen molar-refractivity contribution in [1.29, 1.82) is 5.26 Å². The van der Waals surface area contributed by atoms with Crippen molar-refractivity contribution in [2.45, 2.75) is 77.0 Å². The van der Waals surface area contributed by atoms with E-state index in [1.165, 1.54) is 57.4 Å². The van der Waals surface area contributed by atoms with Gasteiger partial charge >= 0.3 is 0 Å². The van der Waals surface area contributed by atoms with Crippen LogP contribution in [0.2, 0.25) is 0 Å². The van der Waals surface area contributed by atoms with Gasteiger partial charge in [0.25, 0.3) is 0 Å². The predicted octanol–water partition coefficient (Wildman–Crippen LogP) is 6.33. The van der Waals surface area contributed by atoms with Gasteiger partial charge in [-0.05, 0) is 55.2 Å². The van der Waals surface area contributed by atoms with E-state index in [0.29, 0.717) is 11.5 Å². The summed E-state index contributed by atoms with van der Waals surface area (Å²) in [6.45, 7) is 2.25. The molecule has 1 nitrogen and oxygen atoms in total. The molecular weight excluding hydrogens is 273 g/mol. The summed E-state index contributed by atoms with van der Waals surface area (Å²) in [4.78, 5) is 0. The summed E-state index contributed by atoms with van der Waals surface area (Å²) in [5.41, 5.74) is 1.24. The predicted molar refractivity (Wildman–Crippen MR) is 89.2 cm³/mol. The quantitative estimate of drug-likeness (QED) is 0.540. The number of hydrogen-bond acceptors (Lipinski definition) is 1. The maximum absolute atomic E-state index is 14.1. The smallest absolute Gasteiger partial charge is 0.127 e. The SMILES string of the molecule is CCCCCCCC1CCC(c2ccc(C#N)cc2F)CC1. The fraction of sp³-hybridized carbons (Fsp3) is 0.650. The van der Waals surface area contributed by atoms with Crippen LogP contribution in [0.15, 0.2) is 18.2 Å². The Bertz CT molecular complexity index is 495. The first-order chi connectivity index (χ1) is 10.7. The van der Waals surface area contributed by atoms with Crippen molar-refractivity contribution in [2.24, 2.45) is 5.92 Å². The summed E-state index contributed by atoms with van der Waals surface area (Å²) in [5.74, 6) is 1.01. The minimum Gasteiger partial charge on any atom is -0.207 e. The molecular formula is C20H28FN. The molecule has 2 heteroatoms. The van der Waals surface area contributed by atoms with Crippen LogP contribution in [-0.4, -0.2) is 0 Å². The Morgan fingerprint density at radius 3 is 2.45 bits per heavy atom. The van der Waals surface area contributed by atoms with Crippen molar-refractivity contribution in [3.8, 4) is 6.07 Å². The van der Waals surface area contributed by atoms with E-state index >= 15 is 0 Å². The molecule has 0 amide bonds. The Morgan fingerprint density at radius 2 is 1.82 bits per heavy atom. The molecule has 1 aromatic rings. The zero-order chi connectivity index (χ0) is 15.8. The number of unbranched alkanes of at least 4 members (excludes halogenated alkanes) is 4. The van der Waals surface area contributed by atoms with Crippen molar-refractivity contribution in [1.82, 2.24) is 0 Å². The van der Waals surface area contributed by atoms with Gasteiger partial charge in [0.05, 0.1) is 11.6 Å². The maximum atomic E-state index is 14.1. The fourth-order valence-corrected chi connectivity index (χ4v) is 3.73. The van der Waals surface area contributed by atoms with Crippen molar-refractivity contribution in [2.75, 3.05) is 0 Å². The second-order valence-electron chi connectivity index (χ2n) is 6.77. The van der Waals surface area contributed by atoms with Crippen molar-refractivity contribution in [3.63, 3.8) is 0 Å². The van der Waals surface area contributed by atoms with Crippen LogP contribution in [0.4, 0.5) is 4.39 Å². The molecule has 22 heavy (non-hydrogen) atoms. The molecule has 1 aliphatic carbocycles. The minimum atomic E-state index is -0.193. The standard InChI is InChI=1S/C20H28FN/c1-2-3-4-5-6-7-16-8-11-18(12-9-16)19-13-10-17(15-22)14-20(19)21/h10,13-14,16,18H,2-9,11-12H2,1H3. The van der Waals surface area contributed by atoms with Crippen molar-refractivity contribution in [3.05, 3.63) is 35.1 Å². The second kappa shape index (κ2) is 8.93. The van der Waals surface area contributed by atoms with Gasteiger partial charge in [-0.25, -0.2) is 4.39 Å². The van der Waals surface area contributed by atoms with Gasteiger partial charge in [-0.2, -0.15) is 5.26 Å². The van der Waals surface area contributed by atoms with E-state index in [1.807, 2.05) is 12.1 Å². The topological polar surface area (TPSA) is 23.8 Å². The zero-order valence-electron chi connectivity index (χ0n) is 13.8. The molecule has 0 bridgehead atoms. The highest BCUT2D eigenvalue weighted by Crippen LogP contribution is 2.38. The molecule has 0 radical (unpaired) electrons. The van der Waals surface area contributed by atoms with Gasteiger partial charge in [0.1, 0.15) is 5.82 Å². The van der Waals surface area contributed by atoms with Gasteiger partial charge in [0.15, 0.2) is 0 Å². The minimum absolute atomic E-state index is 0.193. The second-order valence-corrected chi connectivity index (χ2v) is 6.77. The fourth-order valence-electron chi connectivity index (χ4n) is 3.73. The molecule has 120 valence electrons. The summed E-state index contributed by atoms with van der Waals surface area (Å²) in [5, 5.41) is 8.82. The van der Waals surface area contributed by atoms with Crippen LogP contribution >= 0.6 is 0 Å². The molecule has 0 unspecified atom stereocenters. The summed E-state index contributed by atoms with van der Waals surface area (Å²) in [7, 11) is 0. The van der Waals surface area contributed by atoms with E-state index in [0.717, 1.165) is 24.3 Å². The van der Waals surface area contributed by atoms with Crippen molar-refractivity contribution < 1.29 is 4.39 Å². The van der Waals surface area contributed by atoms with Gasteiger partial charge in [0, 0.05) is 0 Å². The lowest BCUT2D eigenvalue weighted by Gasteiger charge is -2.29. The number of nitrogens with zero attached hydrogens (tertiary/aromatic N) is 1. The average Bonchev–Trinajstić information content (AvgIpc) is 2.55. The van der Waals surface area contributed by atoms with E-state index in [1.54, 1.807) is 6.07 Å². The molecule has 1 saturated carbocycles. The van der Waals surface area contributed by atoms with Crippen LogP contribution in [-0.2, 0) is 0 Å². The van der Waals surface area contributed by atoms with Gasteiger partial charge < -0.3 is 0 Å². The summed E-state index contributed by atoms with van der Waals surface area (Å²) < 4.78 is 14.1. The highest BCUT2D eigenvalue weighted by molar-refractivity contribution is 5.34. The average molecular weight is 301 g/mol. The van der Waals surface area contributed by atoms with Crippen LogP contribution in [0.1, 0.15) is 88.2 Å². The van der Waals surface area contributed by atoms with E-state index in [4.69, 9.17) is 5.26 Å². The molecule has 0 atom stereocenters. The molecule has 1 aliphatic rings. The third-order valence-electron chi connectivity index (χ3n) is 5.13. The summed E-state index contributed by atoms with van der Waals surface area (Å²) >= 11 is 0. The van der Waals surface area contributed by atoms with E-state index in [-0.39, 0.29) is 5.82 Å². The molecule has 0 heterocycles. The number of hydrogen-bond donors (Lipinski definition) is 0. The summed E-state index contributed by atoms with van der Waals surface area (Å²) in [6.07, 6.45) is 12.8. The lowest BCUT2D eigenvalue weighted by molar-refractivity contribution is 0.298. The Balaban J connectivity index is 1.76. The Morgan fingerprint density at radius 1 is 1.09 bits per heavy atom. The van der Waals surface area contributed by atoms with Gasteiger partial charge in [0.2, 0.25) is 0 Å². The van der Waals surface area contributed by atoms with E-state index in [2.05, 4.69) is 6.92 Å². The number of nitriles is 1. The molecule has 2 rings (SSSR count). The first-order valence-corrected chi connectivity index (χ1v) is 8.94. The molecule has 0 spiro atoms. The molecule has 0 saturated heterocycles. The van der Waals surface area contributed by atoms with Gasteiger partial charge in [-0.15, -0.1) is 0 Å². The number of halogens is 1. The molecule has 0 N–H and O–H groups in total. The number of benzene rings is 1. The normalized spacial score (nSPS) is 21.5. The summed E-state index contributed by atoms with van der Waals surface area (Å²) in [6, 6.07) is 6.96. The lowest BCUT2D eigenvalue weighted by atomic mass is 9.77. The lowest BCUT2D eigenvalue weighted by Crippen LogP contribution is -2.14. The van der Waals surface area contributed by atoms with E-state index < -0.39 is 0 Å². The Labute approximate surface area is 134 Å². The van der Waals surface area contributed by atoms with Crippen LogP contribution in [0, 0.1) is 23.1 Å². The highest BCUT2D eigenvalue weighted by atomic mass is 19.1. The van der Waals surface area contributed by atoms with Gasteiger partial charge in [-0.3, -0.25) is 0 Å². The number of rotatable bonds is 7. The first-order valence-electron chi connectivity index (χ1n) is 8.94. The Hall–Kier alpha value is -1.36. The maximum Gasteiger partial charge on any atom is 0.127 e. The first kappa shape index (κ1) is 17.0. The Kier molecular flexibility index (Phi) is 6.90. The van der Waals surface area contributed by atoms with Crippen LogP contribution in [0.5, 0.6) is 0 Å². The van der Waals surface area contributed by atoms with Crippen LogP contribution in [0.3, 0.4) is 0 Å².